The molecule has 0 atom stereocenters. The minimum atomic E-state index is -0.184. The zero-order valence-corrected chi connectivity index (χ0v) is 16.9. The van der Waals surface area contributed by atoms with E-state index in [0.29, 0.717) is 29.3 Å². The summed E-state index contributed by atoms with van der Waals surface area (Å²) in [5, 5.41) is 4.68. The van der Waals surface area contributed by atoms with Gasteiger partial charge in [-0.25, -0.2) is 0 Å². The molecular weight excluding hydrogens is 384 g/mol. The molecule has 5 nitrogen and oxygen atoms in total. The van der Waals surface area contributed by atoms with Crippen molar-refractivity contribution in [2.24, 2.45) is 0 Å². The van der Waals surface area contributed by atoms with Gasteiger partial charge in [0.25, 0.3) is 11.8 Å². The number of amides is 2. The highest BCUT2D eigenvalue weighted by atomic mass is 32.1. The predicted molar refractivity (Wildman–Crippen MR) is 117 cm³/mol. The lowest BCUT2D eigenvalue weighted by molar-refractivity contribution is 0.0784. The summed E-state index contributed by atoms with van der Waals surface area (Å²) in [6.45, 7) is 4.54. The van der Waals surface area contributed by atoms with Gasteiger partial charge in [-0.15, -0.1) is 11.3 Å². The second-order valence-corrected chi connectivity index (χ2v) is 7.36. The molecule has 3 aromatic rings. The zero-order chi connectivity index (χ0) is 20.6. The Morgan fingerprint density at radius 3 is 2.62 bits per heavy atom. The number of ether oxygens (including phenoxy) is 1. The van der Waals surface area contributed by atoms with Crippen molar-refractivity contribution in [1.29, 1.82) is 0 Å². The third kappa shape index (κ3) is 5.56. The molecule has 0 bridgehead atoms. The number of benzene rings is 2. The molecule has 148 valence electrons. The van der Waals surface area contributed by atoms with Crippen molar-refractivity contribution in [1.82, 2.24) is 4.90 Å². The number of hydrogen-bond acceptors (Lipinski definition) is 4. The van der Waals surface area contributed by atoms with E-state index in [0.717, 1.165) is 11.3 Å². The number of carbonyl (C=O) groups excluding carboxylic acids is 2. The molecule has 0 spiro atoms. The molecule has 2 aromatic carbocycles. The molecule has 6 heteroatoms. The highest BCUT2D eigenvalue weighted by Crippen LogP contribution is 2.18. The second-order valence-electron chi connectivity index (χ2n) is 6.42. The number of hydrogen-bond donors (Lipinski definition) is 1. The molecule has 0 saturated carbocycles. The Kier molecular flexibility index (Phi) is 6.81. The maximum absolute atomic E-state index is 12.8. The molecule has 1 N–H and O–H groups in total. The van der Waals surface area contributed by atoms with Gasteiger partial charge in [0.15, 0.2) is 0 Å². The fourth-order valence-electron chi connectivity index (χ4n) is 2.74. The van der Waals surface area contributed by atoms with Gasteiger partial charge in [-0.3, -0.25) is 9.59 Å². The van der Waals surface area contributed by atoms with Crippen LogP contribution in [-0.4, -0.2) is 30.4 Å². The van der Waals surface area contributed by atoms with E-state index >= 15 is 0 Å². The summed E-state index contributed by atoms with van der Waals surface area (Å²) in [5.74, 6) is 0.456. The molecular formula is C23H22N2O3S. The van der Waals surface area contributed by atoms with Crippen LogP contribution in [0.25, 0.3) is 0 Å². The SMILES string of the molecule is C=CCOc1ccc(CN(C)C(=O)c2cccc(NC(=O)c3cccs3)c2)cc1. The highest BCUT2D eigenvalue weighted by Gasteiger charge is 2.14. The standard InChI is InChI=1S/C23H22N2O3S/c1-3-13-28-20-11-9-17(10-12-20)16-25(2)23(27)18-6-4-7-19(15-18)24-22(26)21-8-5-14-29-21/h3-12,14-15H,1,13,16H2,2H3,(H,24,26). The summed E-state index contributed by atoms with van der Waals surface area (Å²) in [4.78, 5) is 27.3. The summed E-state index contributed by atoms with van der Waals surface area (Å²) in [6, 6.07) is 18.2. The third-order valence-corrected chi connectivity index (χ3v) is 5.04. The highest BCUT2D eigenvalue weighted by molar-refractivity contribution is 7.12. The first-order valence-corrected chi connectivity index (χ1v) is 9.98. The van der Waals surface area contributed by atoms with E-state index in [-0.39, 0.29) is 11.8 Å². The molecule has 0 aliphatic carbocycles. The van der Waals surface area contributed by atoms with Gasteiger partial charge in [-0.1, -0.05) is 36.9 Å². The predicted octanol–water partition coefficient (Wildman–Crippen LogP) is 4.84. The van der Waals surface area contributed by atoms with E-state index in [9.17, 15) is 9.59 Å². The van der Waals surface area contributed by atoms with E-state index in [1.54, 1.807) is 48.4 Å². The molecule has 0 aliphatic heterocycles. The first kappa shape index (κ1) is 20.4. The van der Waals surface area contributed by atoms with Crippen LogP contribution < -0.4 is 10.1 Å². The Hall–Kier alpha value is -3.38. The average molecular weight is 407 g/mol. The Morgan fingerprint density at radius 2 is 1.93 bits per heavy atom. The molecule has 0 saturated heterocycles. The first-order valence-electron chi connectivity index (χ1n) is 9.10. The van der Waals surface area contributed by atoms with Gasteiger partial charge in [0.2, 0.25) is 0 Å². The van der Waals surface area contributed by atoms with Gasteiger partial charge < -0.3 is 15.0 Å². The lowest BCUT2D eigenvalue weighted by Crippen LogP contribution is -2.26. The fraction of sp³-hybridized carbons (Fsp3) is 0.130. The van der Waals surface area contributed by atoms with E-state index < -0.39 is 0 Å². The van der Waals surface area contributed by atoms with E-state index in [2.05, 4.69) is 11.9 Å². The number of carbonyl (C=O) groups is 2. The number of nitrogens with one attached hydrogen (secondary N) is 1. The summed E-state index contributed by atoms with van der Waals surface area (Å²) in [5.41, 5.74) is 2.10. The number of nitrogens with zero attached hydrogens (tertiary/aromatic N) is 1. The summed E-state index contributed by atoms with van der Waals surface area (Å²) in [6.07, 6.45) is 1.69. The fourth-order valence-corrected chi connectivity index (χ4v) is 3.36. The average Bonchev–Trinajstić information content (AvgIpc) is 3.28. The number of anilines is 1. The second kappa shape index (κ2) is 9.71. The molecule has 3 rings (SSSR count). The van der Waals surface area contributed by atoms with Crippen molar-refractivity contribution >= 4 is 28.8 Å². The largest absolute Gasteiger partial charge is 0.490 e. The van der Waals surface area contributed by atoms with Crippen LogP contribution in [0.4, 0.5) is 5.69 Å². The van der Waals surface area contributed by atoms with Gasteiger partial charge in [-0.05, 0) is 47.3 Å². The monoisotopic (exact) mass is 406 g/mol. The smallest absolute Gasteiger partial charge is 0.265 e. The number of rotatable bonds is 8. The van der Waals surface area contributed by atoms with Gasteiger partial charge in [0.1, 0.15) is 12.4 Å². The summed E-state index contributed by atoms with van der Waals surface area (Å²) in [7, 11) is 1.75. The number of thiophene rings is 1. The van der Waals surface area contributed by atoms with Gasteiger partial charge in [0, 0.05) is 24.8 Å². The van der Waals surface area contributed by atoms with Crippen LogP contribution in [0.3, 0.4) is 0 Å². The van der Waals surface area contributed by atoms with E-state index in [4.69, 9.17) is 4.74 Å². The zero-order valence-electron chi connectivity index (χ0n) is 16.1. The normalized spacial score (nSPS) is 10.2. The van der Waals surface area contributed by atoms with E-state index in [1.807, 2.05) is 35.7 Å². The Labute approximate surface area is 174 Å². The minimum absolute atomic E-state index is 0.121. The van der Waals surface area contributed by atoms with Crippen LogP contribution in [0.15, 0.2) is 78.7 Å². The molecule has 0 aliphatic rings. The maximum Gasteiger partial charge on any atom is 0.265 e. The van der Waals surface area contributed by atoms with Crippen LogP contribution >= 0.6 is 11.3 Å². The van der Waals surface area contributed by atoms with Crippen LogP contribution in [0, 0.1) is 0 Å². The van der Waals surface area contributed by atoms with Crippen molar-refractivity contribution in [3.05, 3.63) is 94.7 Å². The molecule has 1 heterocycles. The van der Waals surface area contributed by atoms with Crippen LogP contribution in [0.2, 0.25) is 0 Å². The van der Waals surface area contributed by atoms with Crippen molar-refractivity contribution < 1.29 is 14.3 Å². The lowest BCUT2D eigenvalue weighted by atomic mass is 10.1. The Morgan fingerprint density at radius 1 is 1.14 bits per heavy atom. The van der Waals surface area contributed by atoms with Gasteiger partial charge >= 0.3 is 0 Å². The van der Waals surface area contributed by atoms with Crippen molar-refractivity contribution in [3.8, 4) is 5.75 Å². The van der Waals surface area contributed by atoms with Crippen molar-refractivity contribution in [3.63, 3.8) is 0 Å². The van der Waals surface area contributed by atoms with Crippen LogP contribution in [0.5, 0.6) is 5.75 Å². The molecule has 2 amide bonds. The third-order valence-electron chi connectivity index (χ3n) is 4.17. The van der Waals surface area contributed by atoms with Gasteiger partial charge in [0.05, 0.1) is 4.88 Å². The van der Waals surface area contributed by atoms with Crippen molar-refractivity contribution in [2.75, 3.05) is 19.0 Å². The lowest BCUT2D eigenvalue weighted by Gasteiger charge is -2.18. The minimum Gasteiger partial charge on any atom is -0.490 e. The van der Waals surface area contributed by atoms with Crippen molar-refractivity contribution in [2.45, 2.75) is 6.54 Å². The molecule has 0 radical (unpaired) electrons. The van der Waals surface area contributed by atoms with Gasteiger partial charge in [-0.2, -0.15) is 0 Å². The molecule has 1 aromatic heterocycles. The quantitative estimate of drug-likeness (QED) is 0.545. The van der Waals surface area contributed by atoms with Crippen LogP contribution in [-0.2, 0) is 6.54 Å². The first-order chi connectivity index (χ1) is 14.1. The molecule has 29 heavy (non-hydrogen) atoms. The summed E-state index contributed by atoms with van der Waals surface area (Å²) < 4.78 is 5.47. The topological polar surface area (TPSA) is 58.6 Å². The Balaban J connectivity index is 1.63. The van der Waals surface area contributed by atoms with E-state index in [1.165, 1.54) is 11.3 Å². The molecule has 0 unspecified atom stereocenters. The Bertz CT molecular complexity index is 982. The van der Waals surface area contributed by atoms with Crippen LogP contribution in [0.1, 0.15) is 25.6 Å². The summed E-state index contributed by atoms with van der Waals surface area (Å²) >= 11 is 1.37. The maximum atomic E-state index is 12.8. The molecule has 0 fully saturated rings.